The van der Waals surface area contributed by atoms with Crippen molar-refractivity contribution >= 4 is 27.8 Å². The van der Waals surface area contributed by atoms with Crippen LogP contribution in [0.25, 0.3) is 0 Å². The van der Waals surface area contributed by atoms with Crippen LogP contribution in [0.3, 0.4) is 0 Å². The van der Waals surface area contributed by atoms with Gasteiger partial charge in [0, 0.05) is 11.8 Å². The molecule has 0 saturated carbocycles. The molecule has 5 nitrogen and oxygen atoms in total. The number of unbranched alkanes of at least 4 members (excludes halogenated alkanes) is 2. The minimum absolute atomic E-state index is 0.0173. The number of piperidine rings is 1. The fourth-order valence-electron chi connectivity index (χ4n) is 4.04. The summed E-state index contributed by atoms with van der Waals surface area (Å²) in [5.74, 6) is -0.760. The molecule has 0 aliphatic carbocycles. The molecular formula is C24H31NO4S2. The fourth-order valence-corrected chi connectivity index (χ4v) is 7.11. The molecule has 1 N–H and O–H groups in total. The first-order valence-electron chi connectivity index (χ1n) is 10.8. The van der Waals surface area contributed by atoms with Crippen LogP contribution in [0.1, 0.15) is 49.8 Å². The van der Waals surface area contributed by atoms with E-state index in [-0.39, 0.29) is 22.7 Å². The van der Waals surface area contributed by atoms with Crippen molar-refractivity contribution in [2.45, 2.75) is 55.7 Å². The van der Waals surface area contributed by atoms with Gasteiger partial charge in [0.05, 0.1) is 16.9 Å². The first-order valence-corrected chi connectivity index (χ1v) is 13.3. The Labute approximate surface area is 189 Å². The predicted octanol–water partition coefficient (Wildman–Crippen LogP) is 5.12. The van der Waals surface area contributed by atoms with Gasteiger partial charge in [0.25, 0.3) is 0 Å². The number of thioether (sulfide) groups is 1. The highest BCUT2D eigenvalue weighted by molar-refractivity contribution is 7.99. The van der Waals surface area contributed by atoms with E-state index in [9.17, 15) is 18.3 Å². The van der Waals surface area contributed by atoms with Gasteiger partial charge in [-0.2, -0.15) is 16.1 Å². The number of rotatable bonds is 9. The van der Waals surface area contributed by atoms with Gasteiger partial charge in [0.2, 0.25) is 10.0 Å². The lowest BCUT2D eigenvalue weighted by atomic mass is 9.90. The van der Waals surface area contributed by atoms with Crippen molar-refractivity contribution in [3.05, 3.63) is 65.7 Å². The second-order valence-corrected chi connectivity index (χ2v) is 11.3. The van der Waals surface area contributed by atoms with Crippen LogP contribution >= 0.6 is 11.8 Å². The first-order chi connectivity index (χ1) is 14.8. The van der Waals surface area contributed by atoms with Crippen LogP contribution in [0.5, 0.6) is 0 Å². The highest BCUT2D eigenvalue weighted by Gasteiger charge is 2.45. The maximum atomic E-state index is 13.6. The number of carbonyl (C=O) groups is 1. The molecule has 1 fully saturated rings. The van der Waals surface area contributed by atoms with E-state index in [1.807, 2.05) is 37.3 Å². The molecule has 1 aliphatic rings. The Balaban J connectivity index is 1.96. The van der Waals surface area contributed by atoms with Crippen LogP contribution in [0.15, 0.2) is 59.5 Å². The summed E-state index contributed by atoms with van der Waals surface area (Å²) in [7, 11) is -3.83. The van der Waals surface area contributed by atoms with Gasteiger partial charge in [-0.15, -0.1) is 0 Å². The van der Waals surface area contributed by atoms with Crippen LogP contribution in [0.4, 0.5) is 0 Å². The summed E-state index contributed by atoms with van der Waals surface area (Å²) in [6, 6.07) is 15.9. The summed E-state index contributed by atoms with van der Waals surface area (Å²) in [5, 5.41) is 9.80. The maximum absolute atomic E-state index is 13.6. The van der Waals surface area contributed by atoms with Gasteiger partial charge >= 0.3 is 5.97 Å². The molecule has 1 heterocycles. The van der Waals surface area contributed by atoms with Crippen LogP contribution in [0.2, 0.25) is 0 Å². The topological polar surface area (TPSA) is 74.7 Å². The zero-order valence-corrected chi connectivity index (χ0v) is 19.7. The lowest BCUT2D eigenvalue weighted by Crippen LogP contribution is -2.49. The summed E-state index contributed by atoms with van der Waals surface area (Å²) in [6.45, 7) is 4.03. The van der Waals surface area contributed by atoms with Gasteiger partial charge < -0.3 is 5.11 Å². The van der Waals surface area contributed by atoms with E-state index < -0.39 is 21.9 Å². The van der Waals surface area contributed by atoms with E-state index in [0.29, 0.717) is 6.42 Å². The van der Waals surface area contributed by atoms with E-state index in [1.54, 1.807) is 36.0 Å². The van der Waals surface area contributed by atoms with Crippen LogP contribution < -0.4 is 0 Å². The van der Waals surface area contributed by atoms with Crippen molar-refractivity contribution in [1.82, 2.24) is 4.31 Å². The molecule has 2 aromatic rings. The van der Waals surface area contributed by atoms with Gasteiger partial charge in [-0.05, 0) is 43.2 Å². The summed E-state index contributed by atoms with van der Waals surface area (Å²) in [6.07, 6.45) is 3.77. The summed E-state index contributed by atoms with van der Waals surface area (Å²) >= 11 is 1.68. The van der Waals surface area contributed by atoms with Crippen molar-refractivity contribution in [2.75, 3.05) is 12.3 Å². The average Bonchev–Trinajstić information content (AvgIpc) is 2.77. The second kappa shape index (κ2) is 10.7. The van der Waals surface area contributed by atoms with Crippen molar-refractivity contribution in [1.29, 1.82) is 0 Å². The van der Waals surface area contributed by atoms with Crippen molar-refractivity contribution in [2.24, 2.45) is 5.92 Å². The number of aryl methyl sites for hydroxylation is 1. The highest BCUT2D eigenvalue weighted by atomic mass is 32.2. The van der Waals surface area contributed by atoms with Crippen molar-refractivity contribution in [3.63, 3.8) is 0 Å². The molecule has 0 spiro atoms. The van der Waals surface area contributed by atoms with Crippen molar-refractivity contribution < 1.29 is 18.3 Å². The third-order valence-corrected chi connectivity index (χ3v) is 9.20. The molecular weight excluding hydrogens is 430 g/mol. The molecule has 0 bridgehead atoms. The second-order valence-electron chi connectivity index (χ2n) is 8.11. The number of nitrogens with zero attached hydrogens (tertiary/aromatic N) is 1. The molecule has 3 atom stereocenters. The van der Waals surface area contributed by atoms with Gasteiger partial charge in [0.15, 0.2) is 0 Å². The molecule has 7 heteroatoms. The van der Waals surface area contributed by atoms with Crippen LogP contribution in [0, 0.1) is 12.8 Å². The van der Waals surface area contributed by atoms with Crippen molar-refractivity contribution in [3.8, 4) is 0 Å². The Hall–Kier alpha value is -1.83. The molecule has 31 heavy (non-hydrogen) atoms. The van der Waals surface area contributed by atoms with E-state index in [0.717, 1.165) is 36.1 Å². The monoisotopic (exact) mass is 461 g/mol. The minimum Gasteiger partial charge on any atom is -0.481 e. The molecule has 2 aromatic carbocycles. The highest BCUT2D eigenvalue weighted by Crippen LogP contribution is 2.42. The number of hydrogen-bond donors (Lipinski definition) is 1. The Morgan fingerprint density at radius 3 is 2.39 bits per heavy atom. The molecule has 0 radical (unpaired) electrons. The Morgan fingerprint density at radius 2 is 1.77 bits per heavy atom. The van der Waals surface area contributed by atoms with Crippen LogP contribution in [-0.4, -0.2) is 41.3 Å². The molecule has 3 rings (SSSR count). The molecule has 1 saturated heterocycles. The summed E-state index contributed by atoms with van der Waals surface area (Å²) in [5.41, 5.74) is 1.88. The zero-order valence-electron chi connectivity index (χ0n) is 18.1. The Kier molecular flexibility index (Phi) is 8.19. The Bertz CT molecular complexity index is 961. The smallest absolute Gasteiger partial charge is 0.308 e. The van der Waals surface area contributed by atoms with E-state index in [4.69, 9.17) is 0 Å². The fraction of sp³-hybridized carbons (Fsp3) is 0.458. The zero-order chi connectivity index (χ0) is 22.4. The lowest BCUT2D eigenvalue weighted by molar-refractivity contribution is -0.143. The molecule has 0 aromatic heterocycles. The SMILES string of the molecule is CCCCCS[C@@H]1C[C@@H](c2ccccc2)N(S(=O)(=O)c2ccc(C)cc2)C[C@H]1C(=O)O. The quantitative estimate of drug-likeness (QED) is 0.525. The number of carboxylic acid groups (broad SMARTS) is 1. The largest absolute Gasteiger partial charge is 0.481 e. The van der Waals surface area contributed by atoms with Gasteiger partial charge in [-0.1, -0.05) is 67.8 Å². The standard InChI is InChI=1S/C24H31NO4S2/c1-3-4-8-15-30-23-16-22(19-9-6-5-7-10-19)25(17-21(23)24(26)27)31(28,29)20-13-11-18(2)12-14-20/h5-7,9-14,21-23H,3-4,8,15-17H2,1-2H3,(H,26,27)/t21-,22+,23-/m1/s1. The normalized spacial score (nSPS) is 22.3. The molecule has 168 valence electrons. The number of carboxylic acids is 1. The molecule has 0 unspecified atom stereocenters. The number of hydrogen-bond acceptors (Lipinski definition) is 4. The lowest BCUT2D eigenvalue weighted by Gasteiger charge is -2.41. The predicted molar refractivity (Wildman–Crippen MR) is 126 cm³/mol. The van der Waals surface area contributed by atoms with Crippen LogP contribution in [-0.2, 0) is 14.8 Å². The third kappa shape index (κ3) is 5.70. The average molecular weight is 462 g/mol. The minimum atomic E-state index is -3.83. The number of benzene rings is 2. The Morgan fingerprint density at radius 1 is 1.10 bits per heavy atom. The van der Waals surface area contributed by atoms with Gasteiger partial charge in [-0.3, -0.25) is 4.79 Å². The van der Waals surface area contributed by atoms with Gasteiger partial charge in [-0.25, -0.2) is 8.42 Å². The molecule has 1 aliphatic heterocycles. The number of sulfonamides is 1. The summed E-state index contributed by atoms with van der Waals surface area (Å²) < 4.78 is 28.6. The summed E-state index contributed by atoms with van der Waals surface area (Å²) in [4.78, 5) is 12.3. The van der Waals surface area contributed by atoms with Gasteiger partial charge in [0.1, 0.15) is 0 Å². The van der Waals surface area contributed by atoms with E-state index in [2.05, 4.69) is 6.92 Å². The maximum Gasteiger partial charge on any atom is 0.308 e. The molecule has 0 amide bonds. The number of aliphatic carboxylic acids is 1. The van der Waals surface area contributed by atoms with E-state index in [1.165, 1.54) is 4.31 Å². The third-order valence-electron chi connectivity index (χ3n) is 5.84. The van der Waals surface area contributed by atoms with E-state index >= 15 is 0 Å². The first kappa shape index (κ1) is 23.8.